The van der Waals surface area contributed by atoms with Crippen molar-refractivity contribution >= 4 is 23.2 Å². The molecule has 8 heteroatoms. The highest BCUT2D eigenvalue weighted by atomic mass is 32.1. The number of hydrogen-bond acceptors (Lipinski definition) is 5. The SMILES string of the molecule is COc1cc(C2NC(=S)NC3=C2C(=O)N(CCO)C3)ccc1O. The number of methoxy groups -OCH3 is 1. The highest BCUT2D eigenvalue weighted by Crippen LogP contribution is 2.36. The van der Waals surface area contributed by atoms with Crippen LogP contribution >= 0.6 is 12.2 Å². The first-order valence-electron chi connectivity index (χ1n) is 7.12. The van der Waals surface area contributed by atoms with Crippen molar-refractivity contribution in [2.45, 2.75) is 6.04 Å². The van der Waals surface area contributed by atoms with Gasteiger partial charge in [-0.3, -0.25) is 4.79 Å². The molecule has 1 unspecified atom stereocenters. The fourth-order valence-corrected chi connectivity index (χ4v) is 3.09. The molecule has 0 aromatic heterocycles. The zero-order chi connectivity index (χ0) is 16.6. The van der Waals surface area contributed by atoms with Gasteiger partial charge in [0, 0.05) is 12.2 Å². The van der Waals surface area contributed by atoms with Gasteiger partial charge in [0.2, 0.25) is 0 Å². The lowest BCUT2D eigenvalue weighted by molar-refractivity contribution is -0.126. The molecule has 0 fully saturated rings. The maximum atomic E-state index is 12.6. The Morgan fingerprint density at radius 3 is 2.96 bits per heavy atom. The van der Waals surface area contributed by atoms with Crippen LogP contribution in [0.2, 0.25) is 0 Å². The number of phenols is 1. The van der Waals surface area contributed by atoms with E-state index in [1.54, 1.807) is 17.0 Å². The second kappa shape index (κ2) is 6.05. The fraction of sp³-hybridized carbons (Fsp3) is 0.333. The van der Waals surface area contributed by atoms with E-state index in [0.29, 0.717) is 23.0 Å². The molecule has 2 aliphatic heterocycles. The van der Waals surface area contributed by atoms with Gasteiger partial charge >= 0.3 is 0 Å². The first-order chi connectivity index (χ1) is 11.0. The highest BCUT2D eigenvalue weighted by Gasteiger charge is 2.39. The van der Waals surface area contributed by atoms with E-state index >= 15 is 0 Å². The molecule has 0 saturated carbocycles. The molecule has 23 heavy (non-hydrogen) atoms. The molecule has 7 nitrogen and oxygen atoms in total. The Balaban J connectivity index is 1.99. The number of aromatic hydroxyl groups is 1. The maximum absolute atomic E-state index is 12.6. The van der Waals surface area contributed by atoms with Gasteiger partial charge in [-0.1, -0.05) is 6.07 Å². The van der Waals surface area contributed by atoms with Crippen LogP contribution < -0.4 is 15.4 Å². The summed E-state index contributed by atoms with van der Waals surface area (Å²) in [5, 5.41) is 25.4. The number of nitrogens with one attached hydrogen (secondary N) is 2. The van der Waals surface area contributed by atoms with Crippen LogP contribution in [0.5, 0.6) is 11.5 Å². The summed E-state index contributed by atoms with van der Waals surface area (Å²) in [5.74, 6) is 0.212. The summed E-state index contributed by atoms with van der Waals surface area (Å²) in [6.07, 6.45) is 0. The minimum Gasteiger partial charge on any atom is -0.504 e. The first kappa shape index (κ1) is 15.6. The molecule has 0 aliphatic carbocycles. The summed E-state index contributed by atoms with van der Waals surface area (Å²) in [7, 11) is 1.47. The van der Waals surface area contributed by atoms with Crippen LogP contribution in [-0.2, 0) is 4.79 Å². The molecular weight excluding hydrogens is 318 g/mol. The lowest BCUT2D eigenvalue weighted by Gasteiger charge is -2.27. The zero-order valence-electron chi connectivity index (χ0n) is 12.5. The number of carbonyl (C=O) groups is 1. The highest BCUT2D eigenvalue weighted by molar-refractivity contribution is 7.80. The van der Waals surface area contributed by atoms with Crippen molar-refractivity contribution in [3.05, 3.63) is 35.0 Å². The van der Waals surface area contributed by atoms with Gasteiger partial charge in [-0.25, -0.2) is 0 Å². The predicted molar refractivity (Wildman–Crippen MR) is 87.0 cm³/mol. The molecule has 4 N–H and O–H groups in total. The van der Waals surface area contributed by atoms with Crippen molar-refractivity contribution < 1.29 is 19.7 Å². The molecule has 122 valence electrons. The summed E-state index contributed by atoms with van der Waals surface area (Å²) < 4.78 is 5.13. The summed E-state index contributed by atoms with van der Waals surface area (Å²) in [4.78, 5) is 14.2. The number of rotatable bonds is 4. The Morgan fingerprint density at radius 2 is 2.26 bits per heavy atom. The monoisotopic (exact) mass is 335 g/mol. The number of β-amino-alcohol motifs (C(OH)–C–C–N with tert-alkyl or cyclic N) is 1. The Kier molecular flexibility index (Phi) is 4.10. The quantitative estimate of drug-likeness (QED) is 0.576. The van der Waals surface area contributed by atoms with E-state index < -0.39 is 6.04 Å². The molecular formula is C15H17N3O4S. The van der Waals surface area contributed by atoms with E-state index in [1.807, 2.05) is 0 Å². The van der Waals surface area contributed by atoms with Gasteiger partial charge in [-0.15, -0.1) is 0 Å². The summed E-state index contributed by atoms with van der Waals surface area (Å²) in [6, 6.07) is 4.49. The third-order valence-electron chi connectivity index (χ3n) is 3.93. The average molecular weight is 335 g/mol. The fourth-order valence-electron chi connectivity index (χ4n) is 2.85. The second-order valence-corrected chi connectivity index (χ2v) is 5.71. The summed E-state index contributed by atoms with van der Waals surface area (Å²) >= 11 is 5.22. The second-order valence-electron chi connectivity index (χ2n) is 5.31. The van der Waals surface area contributed by atoms with Crippen LogP contribution in [0.4, 0.5) is 0 Å². The number of amides is 1. The Hall–Kier alpha value is -2.32. The van der Waals surface area contributed by atoms with Gasteiger partial charge in [0.05, 0.1) is 31.9 Å². The molecule has 1 aromatic rings. The minimum atomic E-state index is -0.426. The topological polar surface area (TPSA) is 94.1 Å². The van der Waals surface area contributed by atoms with Crippen LogP contribution in [0.25, 0.3) is 0 Å². The molecule has 0 radical (unpaired) electrons. The number of thiocarbonyl (C=S) groups is 1. The lowest BCUT2D eigenvalue weighted by Crippen LogP contribution is -2.44. The number of benzene rings is 1. The Bertz CT molecular complexity index is 704. The molecule has 3 rings (SSSR count). The summed E-state index contributed by atoms with van der Waals surface area (Å²) in [5.41, 5.74) is 2.07. The molecule has 0 spiro atoms. The number of hydrogen-bond donors (Lipinski definition) is 4. The Morgan fingerprint density at radius 1 is 1.48 bits per heavy atom. The molecule has 0 saturated heterocycles. The Labute approximate surface area is 138 Å². The molecule has 0 bridgehead atoms. The van der Waals surface area contributed by atoms with Gasteiger partial charge in [-0.05, 0) is 29.9 Å². The third kappa shape index (κ3) is 2.71. The van der Waals surface area contributed by atoms with Crippen LogP contribution in [-0.4, -0.2) is 52.9 Å². The third-order valence-corrected chi connectivity index (χ3v) is 4.15. The van der Waals surface area contributed by atoms with Crippen molar-refractivity contribution in [2.24, 2.45) is 0 Å². The first-order valence-corrected chi connectivity index (χ1v) is 7.53. The van der Waals surface area contributed by atoms with E-state index in [4.69, 9.17) is 22.1 Å². The average Bonchev–Trinajstić information content (AvgIpc) is 2.83. The molecule has 2 heterocycles. The number of ether oxygens (including phenoxy) is 1. The van der Waals surface area contributed by atoms with E-state index in [0.717, 1.165) is 11.3 Å². The van der Waals surface area contributed by atoms with Crippen LogP contribution in [0.1, 0.15) is 11.6 Å². The lowest BCUT2D eigenvalue weighted by atomic mass is 9.96. The largest absolute Gasteiger partial charge is 0.504 e. The van der Waals surface area contributed by atoms with Crippen LogP contribution in [0, 0.1) is 0 Å². The molecule has 1 atom stereocenters. The van der Waals surface area contributed by atoms with Crippen molar-refractivity contribution in [1.82, 2.24) is 15.5 Å². The number of nitrogens with zero attached hydrogens (tertiary/aromatic N) is 1. The molecule has 2 aliphatic rings. The molecule has 1 aromatic carbocycles. The van der Waals surface area contributed by atoms with E-state index in [9.17, 15) is 9.90 Å². The number of aliphatic hydroxyl groups is 1. The van der Waals surface area contributed by atoms with Crippen molar-refractivity contribution in [1.29, 1.82) is 0 Å². The number of carbonyl (C=O) groups excluding carboxylic acids is 1. The van der Waals surface area contributed by atoms with Crippen LogP contribution in [0.15, 0.2) is 29.5 Å². The van der Waals surface area contributed by atoms with Gasteiger partial charge in [0.1, 0.15) is 0 Å². The van der Waals surface area contributed by atoms with E-state index in [2.05, 4.69) is 10.6 Å². The van der Waals surface area contributed by atoms with E-state index in [1.165, 1.54) is 13.2 Å². The maximum Gasteiger partial charge on any atom is 0.254 e. The van der Waals surface area contributed by atoms with Crippen molar-refractivity contribution in [3.63, 3.8) is 0 Å². The smallest absolute Gasteiger partial charge is 0.254 e. The zero-order valence-corrected chi connectivity index (χ0v) is 13.3. The van der Waals surface area contributed by atoms with Crippen molar-refractivity contribution in [3.8, 4) is 11.5 Å². The van der Waals surface area contributed by atoms with Gasteiger partial charge in [0.25, 0.3) is 5.91 Å². The minimum absolute atomic E-state index is 0.0293. The predicted octanol–water partition coefficient (Wildman–Crippen LogP) is 0.00820. The number of phenolic OH excluding ortho intramolecular Hbond substituents is 1. The van der Waals surface area contributed by atoms with Crippen molar-refractivity contribution in [2.75, 3.05) is 26.8 Å². The summed E-state index contributed by atoms with van der Waals surface area (Å²) in [6.45, 7) is 0.566. The van der Waals surface area contributed by atoms with Gasteiger partial charge in [0.15, 0.2) is 16.6 Å². The van der Waals surface area contributed by atoms with Gasteiger partial charge < -0.3 is 30.5 Å². The van der Waals surface area contributed by atoms with Crippen LogP contribution in [0.3, 0.4) is 0 Å². The number of aliphatic hydroxyl groups excluding tert-OH is 1. The standard InChI is InChI=1S/C15H17N3O4S/c1-22-11-6-8(2-3-10(11)20)13-12-9(16-15(23)17-13)7-18(4-5-19)14(12)21/h2-3,6,13,19-20H,4-5,7H2,1H3,(H2,16,17,23). The molecule has 1 amide bonds. The van der Waals surface area contributed by atoms with Gasteiger partial charge in [-0.2, -0.15) is 0 Å². The normalized spacial score (nSPS) is 20.3. The van der Waals surface area contributed by atoms with E-state index in [-0.39, 0.29) is 24.8 Å².